The Hall–Kier alpha value is -2.38. The van der Waals surface area contributed by atoms with Crippen LogP contribution < -0.4 is 10.1 Å². The molecule has 7 heteroatoms. The third kappa shape index (κ3) is 3.59. The van der Waals surface area contributed by atoms with Crippen molar-refractivity contribution in [1.82, 2.24) is 4.90 Å². The highest BCUT2D eigenvalue weighted by Crippen LogP contribution is 2.20. The number of carbonyl (C=O) groups excluding carboxylic acids is 2. The largest absolute Gasteiger partial charge is 0.491 e. The van der Waals surface area contributed by atoms with E-state index in [4.69, 9.17) is 14.9 Å². The molecule has 21 heavy (non-hydrogen) atoms. The minimum Gasteiger partial charge on any atom is -0.491 e. The van der Waals surface area contributed by atoms with Gasteiger partial charge in [-0.2, -0.15) is 0 Å². The molecule has 112 valence electrons. The highest BCUT2D eigenvalue weighted by Gasteiger charge is 2.30. The Morgan fingerprint density at radius 2 is 1.81 bits per heavy atom. The predicted octanol–water partition coefficient (Wildman–Crippen LogP) is -0.285. The Balaban J connectivity index is 2.00. The van der Waals surface area contributed by atoms with Crippen LogP contribution in [-0.4, -0.2) is 53.3 Å². The lowest BCUT2D eigenvalue weighted by atomic mass is 10.3. The Morgan fingerprint density at radius 3 is 2.43 bits per heavy atom. The molecule has 0 saturated carbocycles. The van der Waals surface area contributed by atoms with Crippen molar-refractivity contribution in [3.63, 3.8) is 0 Å². The van der Waals surface area contributed by atoms with Crippen molar-refractivity contribution < 1.29 is 24.5 Å². The van der Waals surface area contributed by atoms with E-state index in [0.717, 1.165) is 4.90 Å². The molecule has 0 aliphatic carbocycles. The van der Waals surface area contributed by atoms with Gasteiger partial charge in [-0.1, -0.05) is 0 Å². The number of β-amino-alcohol motifs (C(OH)–C–C–N with tert-alkyl or cyclic N) is 1. The molecule has 0 saturated heterocycles. The molecule has 1 aromatic rings. The fourth-order valence-corrected chi connectivity index (χ4v) is 1.86. The third-order valence-electron chi connectivity index (χ3n) is 2.83. The van der Waals surface area contributed by atoms with Gasteiger partial charge in [-0.05, 0) is 24.3 Å². The Kier molecular flexibility index (Phi) is 4.91. The molecule has 3 N–H and O–H groups in total. The van der Waals surface area contributed by atoms with Gasteiger partial charge in [0, 0.05) is 11.8 Å². The second-order valence-corrected chi connectivity index (χ2v) is 4.30. The molecule has 0 atom stereocenters. The van der Waals surface area contributed by atoms with Crippen molar-refractivity contribution >= 4 is 17.5 Å². The highest BCUT2D eigenvalue weighted by molar-refractivity contribution is 6.17. The fourth-order valence-electron chi connectivity index (χ4n) is 1.86. The summed E-state index contributed by atoms with van der Waals surface area (Å²) in [6.45, 7) is -0.145. The van der Waals surface area contributed by atoms with Crippen LogP contribution in [-0.2, 0) is 9.59 Å². The van der Waals surface area contributed by atoms with Crippen LogP contribution in [0, 0.1) is 0 Å². The number of hydrogen-bond acceptors (Lipinski definition) is 6. The van der Waals surface area contributed by atoms with E-state index in [1.165, 1.54) is 6.08 Å². The van der Waals surface area contributed by atoms with Crippen molar-refractivity contribution in [3.8, 4) is 5.75 Å². The third-order valence-corrected chi connectivity index (χ3v) is 2.83. The number of nitrogens with one attached hydrogen (secondary N) is 1. The molecular formula is C14H16N2O5. The van der Waals surface area contributed by atoms with Gasteiger partial charge in [0.05, 0.1) is 19.8 Å². The van der Waals surface area contributed by atoms with Crippen LogP contribution in [0.2, 0.25) is 0 Å². The van der Waals surface area contributed by atoms with Crippen molar-refractivity contribution in [2.45, 2.75) is 0 Å². The molecule has 0 spiro atoms. The van der Waals surface area contributed by atoms with Crippen LogP contribution in [0.4, 0.5) is 5.69 Å². The van der Waals surface area contributed by atoms with Gasteiger partial charge in [-0.15, -0.1) is 0 Å². The summed E-state index contributed by atoms with van der Waals surface area (Å²) >= 11 is 0. The lowest BCUT2D eigenvalue weighted by Gasteiger charge is -2.13. The molecule has 2 amide bonds. The second kappa shape index (κ2) is 6.87. The first-order chi connectivity index (χ1) is 10.2. The average molecular weight is 292 g/mol. The predicted molar refractivity (Wildman–Crippen MR) is 74.5 cm³/mol. The van der Waals surface area contributed by atoms with E-state index in [0.29, 0.717) is 11.4 Å². The number of hydrogen-bond donors (Lipinski definition) is 3. The van der Waals surface area contributed by atoms with Crippen LogP contribution in [0.5, 0.6) is 5.75 Å². The Labute approximate surface area is 121 Å². The number of carbonyl (C=O) groups is 2. The van der Waals surface area contributed by atoms with Crippen molar-refractivity contribution in [2.75, 3.05) is 31.7 Å². The molecule has 1 aromatic carbocycles. The standard InChI is InChI=1S/C14H16N2O5/c17-6-5-16-13(19)9-12(14(16)20)15-10-1-3-11(4-2-10)21-8-7-18/h1-4,9,15,17-18H,5-8H2. The van der Waals surface area contributed by atoms with Gasteiger partial charge in [-0.25, -0.2) is 0 Å². The van der Waals surface area contributed by atoms with Gasteiger partial charge in [0.1, 0.15) is 18.1 Å². The summed E-state index contributed by atoms with van der Waals surface area (Å²) in [6.07, 6.45) is 1.20. The normalized spacial score (nSPS) is 14.4. The summed E-state index contributed by atoms with van der Waals surface area (Å²) in [5, 5.41) is 20.3. The molecule has 0 unspecified atom stereocenters. The molecule has 0 bridgehead atoms. The van der Waals surface area contributed by atoms with Gasteiger partial charge in [0.25, 0.3) is 11.8 Å². The van der Waals surface area contributed by atoms with Gasteiger partial charge >= 0.3 is 0 Å². The molecule has 1 heterocycles. The summed E-state index contributed by atoms with van der Waals surface area (Å²) < 4.78 is 5.22. The summed E-state index contributed by atoms with van der Waals surface area (Å²) in [7, 11) is 0. The molecule has 0 radical (unpaired) electrons. The smallest absolute Gasteiger partial charge is 0.277 e. The second-order valence-electron chi connectivity index (χ2n) is 4.30. The molecule has 1 aliphatic heterocycles. The van der Waals surface area contributed by atoms with Crippen molar-refractivity contribution in [1.29, 1.82) is 0 Å². The first kappa shape index (κ1) is 15.0. The highest BCUT2D eigenvalue weighted by atomic mass is 16.5. The monoisotopic (exact) mass is 292 g/mol. The van der Waals surface area contributed by atoms with E-state index >= 15 is 0 Å². The molecule has 0 fully saturated rings. The lowest BCUT2D eigenvalue weighted by molar-refractivity contribution is -0.137. The summed E-state index contributed by atoms with van der Waals surface area (Å²) in [6, 6.07) is 6.76. The molecule has 2 rings (SSSR count). The van der Waals surface area contributed by atoms with Crippen LogP contribution in [0.25, 0.3) is 0 Å². The average Bonchev–Trinajstić information content (AvgIpc) is 2.75. The summed E-state index contributed by atoms with van der Waals surface area (Å²) in [4.78, 5) is 24.5. The number of aliphatic hydroxyl groups is 2. The minimum atomic E-state index is -0.463. The quantitative estimate of drug-likeness (QED) is 0.598. The lowest BCUT2D eigenvalue weighted by Crippen LogP contribution is -2.34. The van der Waals surface area contributed by atoms with E-state index in [1.54, 1.807) is 24.3 Å². The number of benzene rings is 1. The summed E-state index contributed by atoms with van der Waals surface area (Å²) in [5.41, 5.74) is 0.794. The number of amides is 2. The number of anilines is 1. The van der Waals surface area contributed by atoms with Gasteiger partial charge in [0.2, 0.25) is 0 Å². The number of aliphatic hydroxyl groups excluding tert-OH is 2. The zero-order valence-electron chi connectivity index (χ0n) is 11.3. The van der Waals surface area contributed by atoms with Crippen LogP contribution in [0.15, 0.2) is 36.0 Å². The van der Waals surface area contributed by atoms with Crippen molar-refractivity contribution in [2.24, 2.45) is 0 Å². The van der Waals surface area contributed by atoms with Crippen LogP contribution >= 0.6 is 0 Å². The molecular weight excluding hydrogens is 276 g/mol. The zero-order valence-corrected chi connectivity index (χ0v) is 11.3. The van der Waals surface area contributed by atoms with Crippen LogP contribution in [0.3, 0.4) is 0 Å². The van der Waals surface area contributed by atoms with Gasteiger partial charge < -0.3 is 20.3 Å². The van der Waals surface area contributed by atoms with Crippen molar-refractivity contribution in [3.05, 3.63) is 36.0 Å². The SMILES string of the molecule is O=C1C=C(Nc2ccc(OCCO)cc2)C(=O)N1CCO. The fraction of sp³-hybridized carbons (Fsp3) is 0.286. The Bertz CT molecular complexity index is 553. The molecule has 0 aromatic heterocycles. The van der Waals surface area contributed by atoms with Crippen LogP contribution in [0.1, 0.15) is 0 Å². The van der Waals surface area contributed by atoms with E-state index in [-0.39, 0.29) is 32.1 Å². The summed E-state index contributed by atoms with van der Waals surface area (Å²) in [5.74, 6) is -0.312. The molecule has 7 nitrogen and oxygen atoms in total. The maximum atomic E-state index is 11.9. The Morgan fingerprint density at radius 1 is 1.10 bits per heavy atom. The van der Waals surface area contributed by atoms with E-state index in [9.17, 15) is 9.59 Å². The number of nitrogens with zero attached hydrogens (tertiary/aromatic N) is 1. The topological polar surface area (TPSA) is 99.1 Å². The number of ether oxygens (including phenoxy) is 1. The maximum absolute atomic E-state index is 11.9. The van der Waals surface area contributed by atoms with E-state index < -0.39 is 11.8 Å². The molecule has 1 aliphatic rings. The zero-order chi connectivity index (χ0) is 15.2. The first-order valence-corrected chi connectivity index (χ1v) is 6.45. The minimum absolute atomic E-state index is 0.0206. The maximum Gasteiger partial charge on any atom is 0.277 e. The van der Waals surface area contributed by atoms with Gasteiger partial charge in [-0.3, -0.25) is 14.5 Å². The number of imide groups is 1. The first-order valence-electron chi connectivity index (χ1n) is 6.45. The van der Waals surface area contributed by atoms with E-state index in [1.807, 2.05) is 0 Å². The van der Waals surface area contributed by atoms with Gasteiger partial charge in [0.15, 0.2) is 0 Å². The van der Waals surface area contributed by atoms with E-state index in [2.05, 4.69) is 5.32 Å². The number of rotatable bonds is 7.